The second-order valence-electron chi connectivity index (χ2n) is 4.38. The van der Waals surface area contributed by atoms with Crippen molar-refractivity contribution in [3.8, 4) is 0 Å². The van der Waals surface area contributed by atoms with Crippen LogP contribution in [0.2, 0.25) is 0 Å². The van der Waals surface area contributed by atoms with Gasteiger partial charge in [-0.3, -0.25) is 9.59 Å². The highest BCUT2D eigenvalue weighted by Gasteiger charge is 2.09. The third kappa shape index (κ3) is 4.24. The number of carboxylic acid groups (broad SMARTS) is 1. The normalized spacial score (nSPS) is 10.3. The number of rotatable bonds is 7. The summed E-state index contributed by atoms with van der Waals surface area (Å²) in [6.45, 7) is 2.53. The van der Waals surface area contributed by atoms with E-state index in [4.69, 9.17) is 5.11 Å². The third-order valence-electron chi connectivity index (χ3n) is 2.96. The number of aliphatic carboxylic acids is 1. The molecular weight excluding hydrogens is 232 g/mol. The minimum Gasteiger partial charge on any atom is -0.481 e. The average molecular weight is 252 g/mol. The molecule has 0 unspecified atom stereocenters. The predicted octanol–water partition coefficient (Wildman–Crippen LogP) is 1.71. The first kappa shape index (κ1) is 14.3. The molecule has 1 rings (SSSR count). The van der Waals surface area contributed by atoms with Crippen LogP contribution in [0.25, 0.3) is 0 Å². The van der Waals surface area contributed by atoms with Gasteiger partial charge in [0.2, 0.25) is 0 Å². The van der Waals surface area contributed by atoms with Gasteiger partial charge in [-0.05, 0) is 31.9 Å². The first-order valence-corrected chi connectivity index (χ1v) is 6.14. The molecule has 5 heteroatoms. The van der Waals surface area contributed by atoms with Gasteiger partial charge in [0.05, 0.1) is 0 Å². The number of nitrogens with one attached hydrogen (secondary N) is 1. The molecule has 0 spiro atoms. The number of aromatic nitrogens is 1. The molecule has 0 aromatic carbocycles. The Morgan fingerprint density at radius 2 is 2.00 bits per heavy atom. The number of amides is 1. The van der Waals surface area contributed by atoms with E-state index in [1.54, 1.807) is 6.07 Å². The van der Waals surface area contributed by atoms with Crippen molar-refractivity contribution in [3.05, 3.63) is 23.5 Å². The predicted molar refractivity (Wildman–Crippen MR) is 68.6 cm³/mol. The number of aryl methyl sites for hydroxylation is 1. The number of carboxylic acids is 1. The number of carbonyl (C=O) groups is 2. The monoisotopic (exact) mass is 252 g/mol. The van der Waals surface area contributed by atoms with Crippen LogP contribution in [-0.4, -0.2) is 28.1 Å². The zero-order valence-electron chi connectivity index (χ0n) is 10.9. The minimum absolute atomic E-state index is 0.0798. The van der Waals surface area contributed by atoms with Gasteiger partial charge in [-0.25, -0.2) is 0 Å². The van der Waals surface area contributed by atoms with Crippen LogP contribution < -0.4 is 5.32 Å². The fourth-order valence-corrected chi connectivity index (χ4v) is 1.71. The zero-order chi connectivity index (χ0) is 13.5. The quantitative estimate of drug-likeness (QED) is 0.726. The molecule has 0 bridgehead atoms. The summed E-state index contributed by atoms with van der Waals surface area (Å²) in [6.07, 6.45) is 2.49. The van der Waals surface area contributed by atoms with Crippen LogP contribution in [0.15, 0.2) is 12.1 Å². The van der Waals surface area contributed by atoms with Gasteiger partial charge in [0.1, 0.15) is 5.69 Å². The number of hydrogen-bond acceptors (Lipinski definition) is 2. The van der Waals surface area contributed by atoms with Crippen LogP contribution in [0, 0.1) is 6.92 Å². The van der Waals surface area contributed by atoms with Crippen molar-refractivity contribution in [1.29, 1.82) is 0 Å². The van der Waals surface area contributed by atoms with Crippen LogP contribution in [-0.2, 0) is 11.8 Å². The lowest BCUT2D eigenvalue weighted by molar-refractivity contribution is -0.137. The first-order chi connectivity index (χ1) is 8.52. The van der Waals surface area contributed by atoms with Crippen LogP contribution in [0.1, 0.15) is 41.9 Å². The summed E-state index contributed by atoms with van der Waals surface area (Å²) in [4.78, 5) is 22.1. The summed E-state index contributed by atoms with van der Waals surface area (Å²) >= 11 is 0. The van der Waals surface area contributed by atoms with Gasteiger partial charge in [-0.2, -0.15) is 0 Å². The molecule has 0 aliphatic carbocycles. The van der Waals surface area contributed by atoms with Gasteiger partial charge in [-0.1, -0.05) is 6.42 Å². The zero-order valence-corrected chi connectivity index (χ0v) is 10.9. The number of hydrogen-bond donors (Lipinski definition) is 2. The van der Waals surface area contributed by atoms with E-state index in [0.29, 0.717) is 18.7 Å². The van der Waals surface area contributed by atoms with Crippen molar-refractivity contribution < 1.29 is 14.7 Å². The fraction of sp³-hybridized carbons (Fsp3) is 0.538. The Labute approximate surface area is 107 Å². The SMILES string of the molecule is Cc1ccc(C(=O)NCCCCCC(=O)O)n1C. The highest BCUT2D eigenvalue weighted by molar-refractivity contribution is 5.92. The lowest BCUT2D eigenvalue weighted by atomic mass is 10.2. The van der Waals surface area contributed by atoms with Crippen molar-refractivity contribution in [2.24, 2.45) is 7.05 Å². The van der Waals surface area contributed by atoms with E-state index < -0.39 is 5.97 Å². The summed E-state index contributed by atoms with van der Waals surface area (Å²) < 4.78 is 1.85. The summed E-state index contributed by atoms with van der Waals surface area (Å²) in [6, 6.07) is 3.71. The minimum atomic E-state index is -0.765. The molecule has 18 heavy (non-hydrogen) atoms. The second kappa shape index (κ2) is 6.83. The Hall–Kier alpha value is -1.78. The Morgan fingerprint density at radius 1 is 1.28 bits per heavy atom. The van der Waals surface area contributed by atoms with Gasteiger partial charge in [0, 0.05) is 25.7 Å². The van der Waals surface area contributed by atoms with E-state index in [9.17, 15) is 9.59 Å². The number of nitrogens with zero attached hydrogens (tertiary/aromatic N) is 1. The molecule has 1 heterocycles. The van der Waals surface area contributed by atoms with E-state index in [2.05, 4.69) is 5.32 Å². The second-order valence-corrected chi connectivity index (χ2v) is 4.38. The highest BCUT2D eigenvalue weighted by Crippen LogP contribution is 2.05. The molecule has 0 fully saturated rings. The lowest BCUT2D eigenvalue weighted by Gasteiger charge is -2.06. The van der Waals surface area contributed by atoms with Crippen molar-refractivity contribution in [2.75, 3.05) is 6.54 Å². The molecule has 100 valence electrons. The number of unbranched alkanes of at least 4 members (excludes halogenated alkanes) is 2. The van der Waals surface area contributed by atoms with E-state index in [-0.39, 0.29) is 12.3 Å². The Kier molecular flexibility index (Phi) is 5.42. The Morgan fingerprint density at radius 3 is 2.56 bits per heavy atom. The highest BCUT2D eigenvalue weighted by atomic mass is 16.4. The average Bonchev–Trinajstić information content (AvgIpc) is 2.64. The number of carbonyl (C=O) groups excluding carboxylic acids is 1. The maximum Gasteiger partial charge on any atom is 0.303 e. The molecule has 0 atom stereocenters. The van der Waals surface area contributed by atoms with Crippen LogP contribution in [0.4, 0.5) is 0 Å². The molecule has 0 aliphatic rings. The van der Waals surface area contributed by atoms with E-state index in [0.717, 1.165) is 18.5 Å². The van der Waals surface area contributed by atoms with Crippen molar-refractivity contribution >= 4 is 11.9 Å². The standard InChI is InChI=1S/C13H20N2O3/c1-10-7-8-11(15(10)2)13(18)14-9-5-3-4-6-12(16)17/h7-8H,3-6,9H2,1-2H3,(H,14,18)(H,16,17). The van der Waals surface area contributed by atoms with Crippen LogP contribution >= 0.6 is 0 Å². The molecule has 1 amide bonds. The fourth-order valence-electron chi connectivity index (χ4n) is 1.71. The van der Waals surface area contributed by atoms with Gasteiger partial charge < -0.3 is 15.0 Å². The maximum atomic E-state index is 11.8. The molecule has 0 aliphatic heterocycles. The first-order valence-electron chi connectivity index (χ1n) is 6.14. The van der Waals surface area contributed by atoms with E-state index in [1.165, 1.54) is 0 Å². The third-order valence-corrected chi connectivity index (χ3v) is 2.96. The summed E-state index contributed by atoms with van der Waals surface area (Å²) in [7, 11) is 1.86. The van der Waals surface area contributed by atoms with Gasteiger partial charge in [-0.15, -0.1) is 0 Å². The van der Waals surface area contributed by atoms with Gasteiger partial charge in [0.25, 0.3) is 5.91 Å². The summed E-state index contributed by atoms with van der Waals surface area (Å²) in [5, 5.41) is 11.3. The molecule has 1 aromatic rings. The molecular formula is C13H20N2O3. The van der Waals surface area contributed by atoms with Crippen molar-refractivity contribution in [3.63, 3.8) is 0 Å². The molecule has 0 radical (unpaired) electrons. The van der Waals surface area contributed by atoms with Crippen molar-refractivity contribution in [1.82, 2.24) is 9.88 Å². The Bertz CT molecular complexity index is 424. The topological polar surface area (TPSA) is 71.3 Å². The van der Waals surface area contributed by atoms with Gasteiger partial charge >= 0.3 is 5.97 Å². The van der Waals surface area contributed by atoms with Crippen LogP contribution in [0.3, 0.4) is 0 Å². The molecule has 0 saturated heterocycles. The molecule has 2 N–H and O–H groups in total. The Balaban J connectivity index is 2.22. The lowest BCUT2D eigenvalue weighted by Crippen LogP contribution is -2.26. The summed E-state index contributed by atoms with van der Waals surface area (Å²) in [5.74, 6) is -0.845. The summed E-state index contributed by atoms with van der Waals surface area (Å²) in [5.41, 5.74) is 1.69. The molecule has 5 nitrogen and oxygen atoms in total. The van der Waals surface area contributed by atoms with E-state index >= 15 is 0 Å². The van der Waals surface area contributed by atoms with Crippen molar-refractivity contribution in [2.45, 2.75) is 32.6 Å². The van der Waals surface area contributed by atoms with E-state index in [1.807, 2.05) is 24.6 Å². The smallest absolute Gasteiger partial charge is 0.303 e. The maximum absolute atomic E-state index is 11.8. The van der Waals surface area contributed by atoms with Gasteiger partial charge in [0.15, 0.2) is 0 Å². The van der Waals surface area contributed by atoms with Crippen LogP contribution in [0.5, 0.6) is 0 Å². The molecule has 1 aromatic heterocycles. The molecule has 0 saturated carbocycles. The largest absolute Gasteiger partial charge is 0.481 e.